The number of hydrogen-bond donors (Lipinski definition) is 1. The number of rotatable bonds is 6. The lowest BCUT2D eigenvalue weighted by molar-refractivity contribution is 0.0739. The van der Waals surface area contributed by atoms with E-state index < -0.39 is 0 Å². The van der Waals surface area contributed by atoms with Crippen LogP contribution in [0.2, 0.25) is 0 Å². The van der Waals surface area contributed by atoms with Crippen molar-refractivity contribution in [1.29, 1.82) is 0 Å². The number of thiophene rings is 1. The Kier molecular flexibility index (Phi) is 5.41. The Morgan fingerprint density at radius 2 is 2.27 bits per heavy atom. The van der Waals surface area contributed by atoms with Crippen LogP contribution >= 0.6 is 11.3 Å². The van der Waals surface area contributed by atoms with Crippen LogP contribution in [0.4, 0.5) is 0 Å². The molecule has 1 amide bonds. The highest BCUT2D eigenvalue weighted by molar-refractivity contribution is 7.14. The lowest BCUT2D eigenvalue weighted by Crippen LogP contribution is -2.35. The van der Waals surface area contributed by atoms with Crippen molar-refractivity contribution in [2.24, 2.45) is 0 Å². The summed E-state index contributed by atoms with van der Waals surface area (Å²) >= 11 is 1.70. The van der Waals surface area contributed by atoms with E-state index in [2.05, 4.69) is 28.1 Å². The highest BCUT2D eigenvalue weighted by Gasteiger charge is 2.29. The highest BCUT2D eigenvalue weighted by atomic mass is 32.1. The number of carbonyl (C=O) groups is 1. The summed E-state index contributed by atoms with van der Waals surface area (Å²) in [7, 11) is 0. The van der Waals surface area contributed by atoms with Crippen molar-refractivity contribution in [1.82, 2.24) is 20.0 Å². The number of nitrogens with one attached hydrogen (secondary N) is 1. The van der Waals surface area contributed by atoms with Crippen molar-refractivity contribution >= 4 is 17.2 Å². The normalized spacial score (nSPS) is 20.5. The molecule has 140 valence electrons. The standard InChI is InChI=1S/C20H28N4OS/c1-2-3-4-10-23-11-5-6-17(23)18-7-8-19(26-18)20(25)24-12-9-16-15(14-24)13-21-22-16/h7-8,13,17H,2-6,9-12,14H2,1H3,(H,21,22)/t17-/m1/s1. The summed E-state index contributed by atoms with van der Waals surface area (Å²) in [6, 6.07) is 4.74. The molecule has 1 saturated heterocycles. The predicted molar refractivity (Wildman–Crippen MR) is 104 cm³/mol. The fourth-order valence-electron chi connectivity index (χ4n) is 4.18. The zero-order valence-electron chi connectivity index (χ0n) is 15.5. The second-order valence-electron chi connectivity index (χ2n) is 7.45. The molecule has 4 heterocycles. The molecule has 1 fully saturated rings. The Balaban J connectivity index is 1.42. The molecule has 6 heteroatoms. The Morgan fingerprint density at radius 3 is 3.15 bits per heavy atom. The minimum Gasteiger partial charge on any atom is -0.333 e. The van der Waals surface area contributed by atoms with Gasteiger partial charge in [0.05, 0.1) is 11.1 Å². The Hall–Kier alpha value is -1.66. The van der Waals surface area contributed by atoms with Gasteiger partial charge >= 0.3 is 0 Å². The molecule has 2 aromatic rings. The van der Waals surface area contributed by atoms with Crippen LogP contribution in [-0.4, -0.2) is 45.5 Å². The van der Waals surface area contributed by atoms with Crippen LogP contribution in [0.15, 0.2) is 18.3 Å². The van der Waals surface area contributed by atoms with Crippen LogP contribution in [0.1, 0.15) is 70.9 Å². The van der Waals surface area contributed by atoms with Crippen molar-refractivity contribution in [2.45, 2.75) is 58.0 Å². The number of hydrogen-bond acceptors (Lipinski definition) is 4. The predicted octanol–water partition coefficient (Wildman–Crippen LogP) is 4.00. The van der Waals surface area contributed by atoms with Gasteiger partial charge in [0.1, 0.15) is 0 Å². The van der Waals surface area contributed by atoms with E-state index in [4.69, 9.17) is 0 Å². The monoisotopic (exact) mass is 372 g/mol. The number of amides is 1. The van der Waals surface area contributed by atoms with Crippen LogP contribution in [-0.2, 0) is 13.0 Å². The Bertz CT molecular complexity index is 753. The number of nitrogens with zero attached hydrogens (tertiary/aromatic N) is 3. The zero-order valence-corrected chi connectivity index (χ0v) is 16.4. The Labute approximate surface area is 159 Å². The molecule has 26 heavy (non-hydrogen) atoms. The van der Waals surface area contributed by atoms with Gasteiger partial charge in [0, 0.05) is 41.7 Å². The van der Waals surface area contributed by atoms with E-state index in [9.17, 15) is 4.79 Å². The fraction of sp³-hybridized carbons (Fsp3) is 0.600. The van der Waals surface area contributed by atoms with Gasteiger partial charge in [-0.3, -0.25) is 14.8 Å². The van der Waals surface area contributed by atoms with Crippen LogP contribution in [0.5, 0.6) is 0 Å². The zero-order chi connectivity index (χ0) is 17.9. The number of aromatic amines is 1. The average molecular weight is 373 g/mol. The molecule has 0 aromatic carbocycles. The largest absolute Gasteiger partial charge is 0.333 e. The first-order valence-electron chi connectivity index (χ1n) is 9.90. The molecule has 0 unspecified atom stereocenters. The minimum atomic E-state index is 0.170. The van der Waals surface area contributed by atoms with Crippen LogP contribution < -0.4 is 0 Å². The summed E-state index contributed by atoms with van der Waals surface area (Å²) in [6.45, 7) is 6.09. The molecular weight excluding hydrogens is 344 g/mol. The van der Waals surface area contributed by atoms with E-state index in [-0.39, 0.29) is 5.91 Å². The lowest BCUT2D eigenvalue weighted by Gasteiger charge is -2.26. The van der Waals surface area contributed by atoms with Crippen molar-refractivity contribution in [2.75, 3.05) is 19.6 Å². The van der Waals surface area contributed by atoms with Gasteiger partial charge in [-0.1, -0.05) is 19.8 Å². The maximum Gasteiger partial charge on any atom is 0.264 e. The fourth-order valence-corrected chi connectivity index (χ4v) is 5.32. The van der Waals surface area contributed by atoms with Gasteiger partial charge in [-0.2, -0.15) is 5.10 Å². The molecule has 0 saturated carbocycles. The highest BCUT2D eigenvalue weighted by Crippen LogP contribution is 2.36. The molecule has 1 atom stereocenters. The second kappa shape index (κ2) is 7.92. The minimum absolute atomic E-state index is 0.170. The molecule has 0 bridgehead atoms. The first kappa shape index (κ1) is 17.7. The third kappa shape index (κ3) is 3.58. The van der Waals surface area contributed by atoms with Gasteiger partial charge in [-0.25, -0.2) is 0 Å². The molecule has 0 aliphatic carbocycles. The number of unbranched alkanes of at least 4 members (excludes halogenated alkanes) is 2. The number of H-pyrrole nitrogens is 1. The summed E-state index contributed by atoms with van der Waals surface area (Å²) in [5.74, 6) is 0.170. The van der Waals surface area contributed by atoms with E-state index in [1.54, 1.807) is 11.3 Å². The van der Waals surface area contributed by atoms with Gasteiger partial charge in [-0.05, 0) is 44.5 Å². The molecule has 2 aromatic heterocycles. The van der Waals surface area contributed by atoms with Gasteiger partial charge in [0.15, 0.2) is 0 Å². The first-order valence-corrected chi connectivity index (χ1v) is 10.7. The maximum atomic E-state index is 12.9. The van der Waals surface area contributed by atoms with E-state index in [0.717, 1.165) is 23.4 Å². The molecule has 0 spiro atoms. The quantitative estimate of drug-likeness (QED) is 0.780. The van der Waals surface area contributed by atoms with E-state index in [1.165, 1.54) is 55.8 Å². The molecule has 0 radical (unpaired) electrons. The summed E-state index contributed by atoms with van der Waals surface area (Å²) in [6.07, 6.45) is 9.07. The summed E-state index contributed by atoms with van der Waals surface area (Å²) in [5, 5.41) is 7.13. The molecule has 4 rings (SSSR count). The van der Waals surface area contributed by atoms with E-state index >= 15 is 0 Å². The van der Waals surface area contributed by atoms with Gasteiger partial charge < -0.3 is 4.90 Å². The summed E-state index contributed by atoms with van der Waals surface area (Å²) in [4.78, 5) is 19.8. The SMILES string of the molecule is CCCCCN1CCC[C@@H]1c1ccc(C(=O)N2CCc3[nH]ncc3C2)s1. The summed E-state index contributed by atoms with van der Waals surface area (Å²) in [5.41, 5.74) is 2.33. The smallest absolute Gasteiger partial charge is 0.264 e. The van der Waals surface area contributed by atoms with Crippen molar-refractivity contribution in [3.63, 3.8) is 0 Å². The number of likely N-dealkylation sites (tertiary alicyclic amines) is 1. The van der Waals surface area contributed by atoms with Crippen LogP contribution in [0, 0.1) is 0 Å². The maximum absolute atomic E-state index is 12.9. The molecule has 1 N–H and O–H groups in total. The molecule has 2 aliphatic heterocycles. The number of fused-ring (bicyclic) bond motifs is 1. The van der Waals surface area contributed by atoms with Crippen LogP contribution in [0.25, 0.3) is 0 Å². The van der Waals surface area contributed by atoms with Crippen molar-refractivity contribution in [3.8, 4) is 0 Å². The van der Waals surface area contributed by atoms with Gasteiger partial charge in [-0.15, -0.1) is 11.3 Å². The van der Waals surface area contributed by atoms with Crippen molar-refractivity contribution in [3.05, 3.63) is 39.3 Å². The topological polar surface area (TPSA) is 52.2 Å². The average Bonchev–Trinajstić information content (AvgIpc) is 3.40. The van der Waals surface area contributed by atoms with E-state index in [1.807, 2.05) is 17.2 Å². The number of aromatic nitrogens is 2. The molecule has 5 nitrogen and oxygen atoms in total. The van der Waals surface area contributed by atoms with E-state index in [0.29, 0.717) is 12.6 Å². The number of carbonyl (C=O) groups excluding carboxylic acids is 1. The van der Waals surface area contributed by atoms with Gasteiger partial charge in [0.2, 0.25) is 0 Å². The first-order chi connectivity index (χ1) is 12.8. The van der Waals surface area contributed by atoms with Crippen LogP contribution in [0.3, 0.4) is 0 Å². The van der Waals surface area contributed by atoms with Gasteiger partial charge in [0.25, 0.3) is 5.91 Å². The molecule has 2 aliphatic rings. The second-order valence-corrected chi connectivity index (χ2v) is 8.57. The summed E-state index contributed by atoms with van der Waals surface area (Å²) < 4.78 is 0. The molecular formula is C20H28N4OS. The lowest BCUT2D eigenvalue weighted by atomic mass is 10.1. The third-order valence-electron chi connectivity index (χ3n) is 5.67. The Morgan fingerprint density at radius 1 is 1.35 bits per heavy atom. The van der Waals surface area contributed by atoms with Crippen molar-refractivity contribution < 1.29 is 4.79 Å². The third-order valence-corrected chi connectivity index (χ3v) is 6.84.